The van der Waals surface area contributed by atoms with Crippen molar-refractivity contribution in [3.63, 3.8) is 0 Å². The topological polar surface area (TPSA) is 77.0 Å². The molecule has 0 aromatic heterocycles. The number of benzene rings is 3. The van der Waals surface area contributed by atoms with E-state index in [1.165, 1.54) is 17.9 Å². The van der Waals surface area contributed by atoms with Gasteiger partial charge in [0.15, 0.2) is 6.61 Å². The minimum atomic E-state index is -0.524. The van der Waals surface area contributed by atoms with E-state index in [4.69, 9.17) is 9.47 Å². The van der Waals surface area contributed by atoms with Gasteiger partial charge < -0.3 is 9.47 Å². The van der Waals surface area contributed by atoms with Crippen molar-refractivity contribution in [2.75, 3.05) is 6.61 Å². The van der Waals surface area contributed by atoms with Gasteiger partial charge in [-0.1, -0.05) is 71.7 Å². The van der Waals surface area contributed by atoms with Crippen LogP contribution in [0.2, 0.25) is 0 Å². The van der Waals surface area contributed by atoms with E-state index in [0.717, 1.165) is 29.3 Å². The van der Waals surface area contributed by atoms with Gasteiger partial charge in [-0.05, 0) is 60.4 Å². The van der Waals surface area contributed by atoms with Gasteiger partial charge >= 0.3 is 5.97 Å². The summed E-state index contributed by atoms with van der Waals surface area (Å²) in [4.78, 5) is 24.4. The Morgan fingerprint density at radius 3 is 2.54 bits per heavy atom. The molecule has 3 rings (SSSR count). The molecule has 6 nitrogen and oxygen atoms in total. The van der Waals surface area contributed by atoms with Gasteiger partial charge in [0, 0.05) is 16.1 Å². The second-order valence-electron chi connectivity index (χ2n) is 7.68. The van der Waals surface area contributed by atoms with Crippen LogP contribution < -0.4 is 14.9 Å². The summed E-state index contributed by atoms with van der Waals surface area (Å²) in [6.07, 6.45) is 7.76. The summed E-state index contributed by atoms with van der Waals surface area (Å²) in [5.41, 5.74) is 5.07. The number of amides is 1. The van der Waals surface area contributed by atoms with Gasteiger partial charge in [-0.2, -0.15) is 5.10 Å². The third kappa shape index (κ3) is 9.22. The van der Waals surface area contributed by atoms with Crippen LogP contribution in [0, 0.1) is 0 Å². The molecule has 1 amide bonds. The number of esters is 1. The third-order valence-corrected chi connectivity index (χ3v) is 5.39. The van der Waals surface area contributed by atoms with Gasteiger partial charge in [0.2, 0.25) is 0 Å². The number of nitrogens with one attached hydrogen (secondary N) is 1. The van der Waals surface area contributed by atoms with E-state index >= 15 is 0 Å². The quantitative estimate of drug-likeness (QED) is 0.108. The average Bonchev–Trinajstić information content (AvgIpc) is 2.88. The van der Waals surface area contributed by atoms with Crippen LogP contribution >= 0.6 is 15.9 Å². The highest BCUT2D eigenvalue weighted by atomic mass is 79.9. The molecule has 7 heteroatoms. The molecule has 1 N–H and O–H groups in total. The zero-order chi connectivity index (χ0) is 24.9. The minimum absolute atomic E-state index is 0.170. The highest BCUT2D eigenvalue weighted by Crippen LogP contribution is 2.22. The number of carbonyl (C=O) groups excluding carboxylic acids is 2. The van der Waals surface area contributed by atoms with Crippen LogP contribution in [-0.4, -0.2) is 24.7 Å². The van der Waals surface area contributed by atoms with E-state index < -0.39 is 11.9 Å². The van der Waals surface area contributed by atoms with Crippen LogP contribution in [0.25, 0.3) is 6.08 Å². The van der Waals surface area contributed by atoms with Gasteiger partial charge in [0.25, 0.3) is 5.91 Å². The fourth-order valence-electron chi connectivity index (χ4n) is 3.07. The van der Waals surface area contributed by atoms with Gasteiger partial charge in [0.1, 0.15) is 11.5 Å². The number of halogens is 1. The summed E-state index contributed by atoms with van der Waals surface area (Å²) in [6, 6.07) is 22.3. The highest BCUT2D eigenvalue weighted by molar-refractivity contribution is 9.10. The predicted octanol–water partition coefficient (Wildman–Crippen LogP) is 5.94. The Morgan fingerprint density at radius 2 is 1.80 bits per heavy atom. The largest absolute Gasteiger partial charge is 0.484 e. The number of hydrogen-bond acceptors (Lipinski definition) is 5. The molecule has 0 atom stereocenters. The Bertz CT molecular complexity index is 1180. The molecule has 0 aliphatic carbocycles. The molecule has 0 saturated heterocycles. The molecule has 180 valence electrons. The van der Waals surface area contributed by atoms with E-state index in [1.54, 1.807) is 24.3 Å². The van der Waals surface area contributed by atoms with E-state index in [1.807, 2.05) is 54.6 Å². The van der Waals surface area contributed by atoms with Crippen LogP contribution in [0.3, 0.4) is 0 Å². The molecule has 35 heavy (non-hydrogen) atoms. The average molecular weight is 535 g/mol. The number of aryl methyl sites for hydroxylation is 1. The summed E-state index contributed by atoms with van der Waals surface area (Å²) >= 11 is 3.39. The first-order valence-corrected chi connectivity index (χ1v) is 12.1. The molecular formula is C28H27BrN2O4. The summed E-state index contributed by atoms with van der Waals surface area (Å²) in [5, 5.41) is 3.97. The second kappa shape index (κ2) is 13.9. The Morgan fingerprint density at radius 1 is 1.03 bits per heavy atom. The molecule has 0 aliphatic heterocycles. The normalized spacial score (nSPS) is 11.0. The molecule has 0 bridgehead atoms. The Labute approximate surface area is 213 Å². The maximum absolute atomic E-state index is 12.2. The molecule has 0 aliphatic rings. The van der Waals surface area contributed by atoms with E-state index in [-0.39, 0.29) is 6.61 Å². The lowest BCUT2D eigenvalue weighted by molar-refractivity contribution is -0.129. The molecule has 0 heterocycles. The molecule has 0 radical (unpaired) electrons. The summed E-state index contributed by atoms with van der Waals surface area (Å²) in [7, 11) is 0. The van der Waals surface area contributed by atoms with E-state index in [0.29, 0.717) is 17.1 Å². The van der Waals surface area contributed by atoms with Crippen molar-refractivity contribution < 1.29 is 19.1 Å². The van der Waals surface area contributed by atoms with Crippen molar-refractivity contribution in [3.05, 3.63) is 100 Å². The number of hydrazone groups is 1. The first-order chi connectivity index (χ1) is 17.0. The number of hydrogen-bond donors (Lipinski definition) is 1. The summed E-state index contributed by atoms with van der Waals surface area (Å²) in [5.74, 6) is 0.00191. The fourth-order valence-corrected chi connectivity index (χ4v) is 3.45. The second-order valence-corrected chi connectivity index (χ2v) is 8.59. The minimum Gasteiger partial charge on any atom is -0.484 e. The number of carbonyl (C=O) groups is 2. The van der Waals surface area contributed by atoms with Crippen molar-refractivity contribution in [1.82, 2.24) is 5.43 Å². The van der Waals surface area contributed by atoms with Gasteiger partial charge in [-0.3, -0.25) is 4.79 Å². The Balaban J connectivity index is 1.52. The van der Waals surface area contributed by atoms with E-state index in [9.17, 15) is 9.59 Å². The fraction of sp³-hybridized carbons (Fsp3) is 0.179. The number of nitrogens with zero attached hydrogens (tertiary/aromatic N) is 1. The lowest BCUT2D eigenvalue weighted by Gasteiger charge is -2.07. The number of ether oxygens (including phenoxy) is 2. The molecule has 3 aromatic rings. The lowest BCUT2D eigenvalue weighted by Crippen LogP contribution is -2.24. The summed E-state index contributed by atoms with van der Waals surface area (Å²) < 4.78 is 11.7. The lowest BCUT2D eigenvalue weighted by atomic mass is 10.1. The zero-order valence-electron chi connectivity index (χ0n) is 19.4. The molecule has 0 unspecified atom stereocenters. The Kier molecular flexibility index (Phi) is 10.3. The molecule has 0 fully saturated rings. The van der Waals surface area contributed by atoms with Gasteiger partial charge in [-0.25, -0.2) is 10.2 Å². The predicted molar refractivity (Wildman–Crippen MR) is 142 cm³/mol. The first-order valence-electron chi connectivity index (χ1n) is 11.3. The first kappa shape index (κ1) is 25.9. The van der Waals surface area contributed by atoms with Crippen LogP contribution in [0.5, 0.6) is 11.5 Å². The molecular weight excluding hydrogens is 508 g/mol. The van der Waals surface area contributed by atoms with Crippen molar-refractivity contribution >= 4 is 40.1 Å². The van der Waals surface area contributed by atoms with Crippen molar-refractivity contribution in [3.8, 4) is 11.5 Å². The van der Waals surface area contributed by atoms with Crippen molar-refractivity contribution in [1.29, 1.82) is 0 Å². The van der Waals surface area contributed by atoms with Crippen LogP contribution in [-0.2, 0) is 16.0 Å². The third-order valence-electron chi connectivity index (χ3n) is 4.90. The summed E-state index contributed by atoms with van der Waals surface area (Å²) in [6.45, 7) is 1.99. The van der Waals surface area contributed by atoms with Crippen molar-refractivity contribution in [2.24, 2.45) is 5.10 Å². The van der Waals surface area contributed by atoms with Crippen LogP contribution in [0.15, 0.2) is 88.4 Å². The maximum atomic E-state index is 12.2. The van der Waals surface area contributed by atoms with Crippen LogP contribution in [0.4, 0.5) is 0 Å². The number of rotatable bonds is 11. The zero-order valence-corrected chi connectivity index (χ0v) is 21.0. The van der Waals surface area contributed by atoms with Gasteiger partial charge in [0.05, 0.1) is 6.21 Å². The Hall–Kier alpha value is -3.71. The molecule has 0 spiro atoms. The standard InChI is InChI=1S/C28H27BrN2O4/c1-2-3-7-22-10-14-25(15-11-22)34-20-27(32)31-30-19-23-18-24(29)13-16-26(23)35-28(33)17-12-21-8-5-4-6-9-21/h4-6,8-19H,2-3,7,20H2,1H3,(H,31,32)/b17-12+,30-19-. The van der Waals surface area contributed by atoms with Crippen LogP contribution in [0.1, 0.15) is 36.5 Å². The monoisotopic (exact) mass is 534 g/mol. The highest BCUT2D eigenvalue weighted by Gasteiger charge is 2.08. The molecule has 0 saturated carbocycles. The number of unbranched alkanes of at least 4 members (excludes halogenated alkanes) is 1. The molecule has 3 aromatic carbocycles. The van der Waals surface area contributed by atoms with E-state index in [2.05, 4.69) is 33.4 Å². The maximum Gasteiger partial charge on any atom is 0.336 e. The smallest absolute Gasteiger partial charge is 0.336 e. The SMILES string of the molecule is CCCCc1ccc(OCC(=O)N/N=C\c2cc(Br)ccc2OC(=O)/C=C/c2ccccc2)cc1. The van der Waals surface area contributed by atoms with Gasteiger partial charge in [-0.15, -0.1) is 0 Å². The van der Waals surface area contributed by atoms with Crippen molar-refractivity contribution in [2.45, 2.75) is 26.2 Å².